The molecule has 1 saturated carbocycles. The molecule has 2 fully saturated rings. The Bertz CT molecular complexity index is 953. The predicted molar refractivity (Wildman–Crippen MR) is 120 cm³/mol. The van der Waals surface area contributed by atoms with Crippen molar-refractivity contribution in [1.29, 1.82) is 0 Å². The summed E-state index contributed by atoms with van der Waals surface area (Å²) in [6.45, 7) is 4.55. The molecular weight excluding hydrogens is 398 g/mol. The van der Waals surface area contributed by atoms with Gasteiger partial charge in [-0.3, -0.25) is 14.5 Å². The molecule has 1 saturated heterocycles. The lowest BCUT2D eigenvalue weighted by Gasteiger charge is -2.15. The number of aliphatic imine (C=N–C) groups is 1. The zero-order valence-electron chi connectivity index (χ0n) is 17.1. The van der Waals surface area contributed by atoms with Crippen LogP contribution in [0.15, 0.2) is 53.5 Å². The van der Waals surface area contributed by atoms with Gasteiger partial charge >= 0.3 is 0 Å². The fraction of sp³-hybridized carbons (Fsp3) is 0.348. The number of rotatable bonds is 7. The second-order valence-electron chi connectivity index (χ2n) is 7.49. The van der Waals surface area contributed by atoms with Crippen molar-refractivity contribution in [3.63, 3.8) is 0 Å². The van der Waals surface area contributed by atoms with Gasteiger partial charge in [0.15, 0.2) is 5.17 Å². The maximum atomic E-state index is 13.0. The second-order valence-corrected chi connectivity index (χ2v) is 8.66. The van der Waals surface area contributed by atoms with Crippen LogP contribution in [0.25, 0.3) is 0 Å². The Kier molecular flexibility index (Phi) is 6.08. The van der Waals surface area contributed by atoms with E-state index in [1.54, 1.807) is 4.90 Å². The van der Waals surface area contributed by atoms with Gasteiger partial charge in [0.25, 0.3) is 0 Å². The summed E-state index contributed by atoms with van der Waals surface area (Å²) in [5.41, 5.74) is 2.64. The molecule has 1 atom stereocenters. The van der Waals surface area contributed by atoms with Crippen LogP contribution < -0.4 is 10.1 Å². The molecule has 0 spiro atoms. The Balaban J connectivity index is 1.45. The molecular formula is C23H25N3O3S. The quantitative estimate of drug-likeness (QED) is 0.711. The lowest BCUT2D eigenvalue weighted by molar-refractivity contribution is -0.128. The molecule has 2 aliphatic rings. The van der Waals surface area contributed by atoms with Crippen LogP contribution in [0.3, 0.4) is 0 Å². The van der Waals surface area contributed by atoms with E-state index in [1.165, 1.54) is 11.8 Å². The number of carbonyl (C=O) groups is 2. The third-order valence-electron chi connectivity index (χ3n) is 4.96. The number of nitrogens with one attached hydrogen (secondary N) is 1. The van der Waals surface area contributed by atoms with E-state index in [1.807, 2.05) is 62.4 Å². The highest BCUT2D eigenvalue weighted by Crippen LogP contribution is 2.39. The minimum absolute atomic E-state index is 0.0220. The molecule has 1 aliphatic carbocycles. The molecule has 0 radical (unpaired) electrons. The van der Waals surface area contributed by atoms with Crippen LogP contribution in [0.5, 0.6) is 5.75 Å². The van der Waals surface area contributed by atoms with Crippen LogP contribution in [-0.4, -0.2) is 39.8 Å². The number of anilines is 1. The molecule has 1 aliphatic heterocycles. The number of benzene rings is 2. The van der Waals surface area contributed by atoms with E-state index in [2.05, 4.69) is 5.32 Å². The number of carbonyl (C=O) groups excluding carboxylic acids is 2. The third-order valence-corrected chi connectivity index (χ3v) is 6.11. The van der Waals surface area contributed by atoms with Gasteiger partial charge in [-0.1, -0.05) is 29.5 Å². The summed E-state index contributed by atoms with van der Waals surface area (Å²) in [6.07, 6.45) is 2.09. The summed E-state index contributed by atoms with van der Waals surface area (Å²) >= 11 is 1.38. The number of hydrogen-bond acceptors (Lipinski definition) is 5. The molecule has 1 N–H and O–H groups in total. The van der Waals surface area contributed by atoms with Gasteiger partial charge in [-0.05, 0) is 63.1 Å². The van der Waals surface area contributed by atoms with Crippen molar-refractivity contribution in [3.05, 3.63) is 54.1 Å². The minimum Gasteiger partial charge on any atom is -0.494 e. The zero-order chi connectivity index (χ0) is 21.1. The second kappa shape index (κ2) is 8.92. The maximum Gasteiger partial charge on any atom is 0.242 e. The highest BCUT2D eigenvalue weighted by molar-refractivity contribution is 8.15. The SMILES string of the molecule is CCOc1ccc(N=C2S[C@@H](CC(=O)Nc3ccc(C)cc3)C(=O)N2C2CC2)cc1. The first kappa shape index (κ1) is 20.5. The standard InChI is InChI=1S/C23H25N3O3S/c1-3-29-19-12-8-17(9-13-19)25-23-26(18-10-11-18)22(28)20(30-23)14-21(27)24-16-6-4-15(2)5-7-16/h4-9,12-13,18,20H,3,10-11,14H2,1-2H3,(H,24,27)/t20-/m0/s1. The summed E-state index contributed by atoms with van der Waals surface area (Å²) in [7, 11) is 0. The largest absolute Gasteiger partial charge is 0.494 e. The minimum atomic E-state index is -0.447. The first-order valence-electron chi connectivity index (χ1n) is 10.2. The molecule has 0 bridgehead atoms. The highest BCUT2D eigenvalue weighted by Gasteiger charge is 2.46. The number of nitrogens with zero attached hydrogens (tertiary/aromatic N) is 2. The Morgan fingerprint density at radius 1 is 1.17 bits per heavy atom. The van der Waals surface area contributed by atoms with Crippen LogP contribution >= 0.6 is 11.8 Å². The smallest absolute Gasteiger partial charge is 0.242 e. The summed E-state index contributed by atoms with van der Waals surface area (Å²) < 4.78 is 5.47. The van der Waals surface area contributed by atoms with E-state index in [-0.39, 0.29) is 24.3 Å². The Morgan fingerprint density at radius 3 is 2.50 bits per heavy atom. The average Bonchev–Trinajstić information content (AvgIpc) is 3.51. The van der Waals surface area contributed by atoms with Gasteiger partial charge in [-0.2, -0.15) is 0 Å². The molecule has 2 amide bonds. The van der Waals surface area contributed by atoms with E-state index in [9.17, 15) is 9.59 Å². The molecule has 30 heavy (non-hydrogen) atoms. The molecule has 2 aromatic rings. The number of thioether (sulfide) groups is 1. The van der Waals surface area contributed by atoms with Gasteiger partial charge in [0.05, 0.1) is 12.3 Å². The first-order chi connectivity index (χ1) is 14.5. The van der Waals surface area contributed by atoms with Crippen LogP contribution in [0.1, 0.15) is 31.7 Å². The number of ether oxygens (including phenoxy) is 1. The van der Waals surface area contributed by atoms with Crippen molar-refractivity contribution < 1.29 is 14.3 Å². The van der Waals surface area contributed by atoms with Crippen LogP contribution in [0, 0.1) is 6.92 Å². The van der Waals surface area contributed by atoms with Crippen molar-refractivity contribution in [2.75, 3.05) is 11.9 Å². The van der Waals surface area contributed by atoms with Crippen LogP contribution in [0.4, 0.5) is 11.4 Å². The van der Waals surface area contributed by atoms with E-state index in [0.29, 0.717) is 11.8 Å². The lowest BCUT2D eigenvalue weighted by atomic mass is 10.2. The normalized spacial score (nSPS) is 19.9. The third kappa shape index (κ3) is 4.84. The maximum absolute atomic E-state index is 13.0. The van der Waals surface area contributed by atoms with E-state index >= 15 is 0 Å². The number of aryl methyl sites for hydroxylation is 1. The molecule has 4 rings (SSSR count). The van der Waals surface area contributed by atoms with E-state index in [0.717, 1.165) is 35.5 Å². The zero-order valence-corrected chi connectivity index (χ0v) is 17.9. The Hall–Kier alpha value is -2.80. The van der Waals surface area contributed by atoms with Crippen LogP contribution in [0.2, 0.25) is 0 Å². The Morgan fingerprint density at radius 2 is 1.87 bits per heavy atom. The van der Waals surface area contributed by atoms with Gasteiger partial charge in [-0.25, -0.2) is 4.99 Å². The molecule has 1 heterocycles. The summed E-state index contributed by atoms with van der Waals surface area (Å²) in [6, 6.07) is 15.3. The van der Waals surface area contributed by atoms with Gasteiger partial charge in [0.2, 0.25) is 11.8 Å². The molecule has 7 heteroatoms. The average molecular weight is 424 g/mol. The Labute approximate surface area is 180 Å². The van der Waals surface area contributed by atoms with Crippen molar-refractivity contribution in [3.8, 4) is 5.75 Å². The topological polar surface area (TPSA) is 71.0 Å². The number of hydrogen-bond donors (Lipinski definition) is 1. The molecule has 2 aromatic carbocycles. The van der Waals surface area contributed by atoms with E-state index in [4.69, 9.17) is 9.73 Å². The fourth-order valence-electron chi connectivity index (χ4n) is 3.27. The highest BCUT2D eigenvalue weighted by atomic mass is 32.2. The van der Waals surface area contributed by atoms with Crippen molar-refractivity contribution in [2.24, 2.45) is 4.99 Å². The first-order valence-corrected chi connectivity index (χ1v) is 11.1. The predicted octanol–water partition coefficient (Wildman–Crippen LogP) is 4.52. The van der Waals surface area contributed by atoms with Crippen molar-refractivity contribution in [1.82, 2.24) is 4.90 Å². The van der Waals surface area contributed by atoms with Crippen LogP contribution in [-0.2, 0) is 9.59 Å². The summed E-state index contributed by atoms with van der Waals surface area (Å²) in [5.74, 6) is 0.607. The summed E-state index contributed by atoms with van der Waals surface area (Å²) in [5, 5.41) is 3.12. The monoisotopic (exact) mass is 423 g/mol. The van der Waals surface area contributed by atoms with Gasteiger partial charge < -0.3 is 10.1 Å². The van der Waals surface area contributed by atoms with Crippen molar-refractivity contribution in [2.45, 2.75) is 44.4 Å². The van der Waals surface area contributed by atoms with Gasteiger partial charge in [-0.15, -0.1) is 0 Å². The lowest BCUT2D eigenvalue weighted by Crippen LogP contribution is -2.35. The molecule has 156 valence electrons. The van der Waals surface area contributed by atoms with Crippen molar-refractivity contribution >= 4 is 40.1 Å². The number of amidine groups is 1. The number of amides is 2. The van der Waals surface area contributed by atoms with E-state index < -0.39 is 5.25 Å². The molecule has 0 aromatic heterocycles. The summed E-state index contributed by atoms with van der Waals surface area (Å²) in [4.78, 5) is 32.0. The molecule has 0 unspecified atom stereocenters. The fourth-order valence-corrected chi connectivity index (χ4v) is 4.49. The molecule has 6 nitrogen and oxygen atoms in total. The van der Waals surface area contributed by atoms with Gasteiger partial charge in [0.1, 0.15) is 11.0 Å². The van der Waals surface area contributed by atoms with Gasteiger partial charge in [0, 0.05) is 18.2 Å².